The lowest BCUT2D eigenvalue weighted by Crippen LogP contribution is -2.17. The third-order valence-corrected chi connectivity index (χ3v) is 2.46. The second kappa shape index (κ2) is 7.05. The minimum absolute atomic E-state index is 0.496. The molecule has 0 bridgehead atoms. The van der Waals surface area contributed by atoms with E-state index >= 15 is 0 Å². The maximum atomic E-state index is 9.56. The number of aliphatic hydroxyl groups is 1. The highest BCUT2D eigenvalue weighted by Gasteiger charge is 2.11. The Bertz CT molecular complexity index is 163. The van der Waals surface area contributed by atoms with Crippen LogP contribution in [0.25, 0.3) is 0 Å². The van der Waals surface area contributed by atoms with E-state index in [1.165, 1.54) is 12.8 Å². The average molecular weight is 198 g/mol. The maximum absolute atomic E-state index is 9.56. The molecule has 14 heavy (non-hydrogen) atoms. The van der Waals surface area contributed by atoms with E-state index in [1.54, 1.807) is 5.57 Å². The molecular weight excluding hydrogens is 172 g/mol. The predicted molar refractivity (Wildman–Crippen MR) is 63.4 cm³/mol. The summed E-state index contributed by atoms with van der Waals surface area (Å²) in [5.41, 5.74) is 1.06. The molecule has 0 unspecified atom stereocenters. The predicted octanol–water partition coefficient (Wildman–Crippen LogP) is 4.06. The molecule has 0 aliphatic heterocycles. The van der Waals surface area contributed by atoms with Gasteiger partial charge in [0.2, 0.25) is 0 Å². The highest BCUT2D eigenvalue weighted by Crippen LogP contribution is 2.17. The fourth-order valence-electron chi connectivity index (χ4n) is 1.52. The van der Waals surface area contributed by atoms with Crippen molar-refractivity contribution in [3.05, 3.63) is 11.6 Å². The van der Waals surface area contributed by atoms with Gasteiger partial charge in [-0.1, -0.05) is 31.9 Å². The number of rotatable bonds is 7. The van der Waals surface area contributed by atoms with Crippen LogP contribution in [0.2, 0.25) is 0 Å². The van der Waals surface area contributed by atoms with Crippen LogP contribution in [0.4, 0.5) is 0 Å². The smallest absolute Gasteiger partial charge is 0.0591 e. The van der Waals surface area contributed by atoms with Crippen molar-refractivity contribution in [2.24, 2.45) is 0 Å². The summed E-state index contributed by atoms with van der Waals surface area (Å²) >= 11 is 0. The lowest BCUT2D eigenvalue weighted by Gasteiger charge is -2.16. The van der Waals surface area contributed by atoms with Gasteiger partial charge in [0.05, 0.1) is 5.60 Å². The summed E-state index contributed by atoms with van der Waals surface area (Å²) < 4.78 is 0. The van der Waals surface area contributed by atoms with Crippen molar-refractivity contribution in [2.45, 2.75) is 71.8 Å². The number of hydrogen-bond acceptors (Lipinski definition) is 1. The van der Waals surface area contributed by atoms with E-state index < -0.39 is 5.60 Å². The average Bonchev–Trinajstić information content (AvgIpc) is 2.09. The van der Waals surface area contributed by atoms with Gasteiger partial charge in [-0.2, -0.15) is 0 Å². The molecule has 84 valence electrons. The van der Waals surface area contributed by atoms with E-state index in [0.717, 1.165) is 25.7 Å². The molecule has 1 N–H and O–H groups in total. The lowest BCUT2D eigenvalue weighted by molar-refractivity contribution is 0.0689. The lowest BCUT2D eigenvalue weighted by atomic mass is 9.97. The summed E-state index contributed by atoms with van der Waals surface area (Å²) in [7, 11) is 0. The van der Waals surface area contributed by atoms with Gasteiger partial charge >= 0.3 is 0 Å². The van der Waals surface area contributed by atoms with Crippen molar-refractivity contribution in [1.29, 1.82) is 0 Å². The molecule has 0 rings (SSSR count). The topological polar surface area (TPSA) is 20.2 Å². The van der Waals surface area contributed by atoms with Crippen molar-refractivity contribution in [3.63, 3.8) is 0 Å². The Balaban J connectivity index is 3.73. The second-order valence-electron chi connectivity index (χ2n) is 4.67. The van der Waals surface area contributed by atoms with E-state index in [0.29, 0.717) is 0 Å². The van der Waals surface area contributed by atoms with Crippen LogP contribution in [0.5, 0.6) is 0 Å². The quantitative estimate of drug-likeness (QED) is 0.611. The maximum Gasteiger partial charge on any atom is 0.0591 e. The second-order valence-corrected chi connectivity index (χ2v) is 4.67. The molecular formula is C13H26O. The molecule has 1 heteroatoms. The molecule has 0 aliphatic carbocycles. The Morgan fingerprint density at radius 3 is 2.36 bits per heavy atom. The van der Waals surface area contributed by atoms with Gasteiger partial charge in [0.1, 0.15) is 0 Å². The van der Waals surface area contributed by atoms with E-state index in [2.05, 4.69) is 19.9 Å². The number of hydrogen-bond donors (Lipinski definition) is 1. The van der Waals surface area contributed by atoms with Crippen molar-refractivity contribution in [3.8, 4) is 0 Å². The van der Waals surface area contributed by atoms with E-state index in [9.17, 15) is 5.11 Å². The third-order valence-electron chi connectivity index (χ3n) is 2.46. The highest BCUT2D eigenvalue weighted by atomic mass is 16.3. The monoisotopic (exact) mass is 198 g/mol. The van der Waals surface area contributed by atoms with Gasteiger partial charge in [0, 0.05) is 0 Å². The van der Waals surface area contributed by atoms with Crippen LogP contribution < -0.4 is 0 Å². The summed E-state index contributed by atoms with van der Waals surface area (Å²) in [5.74, 6) is 0. The molecule has 0 aromatic carbocycles. The van der Waals surface area contributed by atoms with Crippen LogP contribution in [0, 0.1) is 0 Å². The number of unbranched alkanes of at least 4 members (excludes halogenated alkanes) is 1. The molecule has 0 saturated carbocycles. The largest absolute Gasteiger partial charge is 0.390 e. The SMILES string of the molecule is CCC/C=C(\CC)CCCC(C)(C)O. The van der Waals surface area contributed by atoms with Crippen molar-refractivity contribution >= 4 is 0 Å². The number of allylic oxidation sites excluding steroid dienone is 2. The molecule has 0 fully saturated rings. The van der Waals surface area contributed by atoms with Gasteiger partial charge < -0.3 is 5.11 Å². The van der Waals surface area contributed by atoms with Crippen LogP contribution in [-0.4, -0.2) is 10.7 Å². The van der Waals surface area contributed by atoms with Crippen molar-refractivity contribution in [2.75, 3.05) is 0 Å². The molecule has 0 spiro atoms. The first-order chi connectivity index (χ1) is 6.49. The molecule has 0 aromatic rings. The fourth-order valence-corrected chi connectivity index (χ4v) is 1.52. The normalized spacial score (nSPS) is 13.4. The first kappa shape index (κ1) is 13.7. The van der Waals surface area contributed by atoms with Gasteiger partial charge in [-0.15, -0.1) is 0 Å². The molecule has 0 heterocycles. The van der Waals surface area contributed by atoms with Crippen molar-refractivity contribution < 1.29 is 5.11 Å². The first-order valence-electron chi connectivity index (χ1n) is 5.90. The van der Waals surface area contributed by atoms with Crippen LogP contribution in [0.1, 0.15) is 66.2 Å². The Labute approximate surface area is 89.2 Å². The minimum Gasteiger partial charge on any atom is -0.390 e. The first-order valence-corrected chi connectivity index (χ1v) is 5.90. The van der Waals surface area contributed by atoms with E-state index in [4.69, 9.17) is 0 Å². The zero-order valence-corrected chi connectivity index (χ0v) is 10.3. The summed E-state index contributed by atoms with van der Waals surface area (Å²) in [6.07, 6.45) is 9.11. The van der Waals surface area contributed by atoms with Crippen LogP contribution in [0.3, 0.4) is 0 Å². The summed E-state index contributed by atoms with van der Waals surface area (Å²) in [4.78, 5) is 0. The van der Waals surface area contributed by atoms with Gasteiger partial charge in [0.25, 0.3) is 0 Å². The zero-order chi connectivity index (χ0) is 11.0. The Hall–Kier alpha value is -0.300. The van der Waals surface area contributed by atoms with Gasteiger partial charge in [0.15, 0.2) is 0 Å². The molecule has 0 aliphatic rings. The standard InChI is InChI=1S/C13H26O/c1-5-7-9-12(6-2)10-8-11-13(3,4)14/h9,14H,5-8,10-11H2,1-4H3/b12-9+. The van der Waals surface area contributed by atoms with Gasteiger partial charge in [-0.3, -0.25) is 0 Å². The molecule has 0 aromatic heterocycles. The summed E-state index contributed by atoms with van der Waals surface area (Å²) in [5, 5.41) is 9.56. The summed E-state index contributed by atoms with van der Waals surface area (Å²) in [6, 6.07) is 0. The van der Waals surface area contributed by atoms with Crippen LogP contribution in [0.15, 0.2) is 11.6 Å². The highest BCUT2D eigenvalue weighted by molar-refractivity contribution is 5.01. The Kier molecular flexibility index (Phi) is 6.90. The molecule has 0 radical (unpaired) electrons. The van der Waals surface area contributed by atoms with E-state index in [1.807, 2.05) is 13.8 Å². The van der Waals surface area contributed by atoms with Gasteiger partial charge in [-0.25, -0.2) is 0 Å². The summed E-state index contributed by atoms with van der Waals surface area (Å²) in [6.45, 7) is 8.19. The molecule has 0 amide bonds. The molecule has 0 atom stereocenters. The van der Waals surface area contributed by atoms with Gasteiger partial charge in [-0.05, 0) is 46.0 Å². The third kappa shape index (κ3) is 8.31. The van der Waals surface area contributed by atoms with E-state index in [-0.39, 0.29) is 0 Å². The fraction of sp³-hybridized carbons (Fsp3) is 0.846. The molecule has 1 nitrogen and oxygen atoms in total. The Morgan fingerprint density at radius 2 is 1.93 bits per heavy atom. The van der Waals surface area contributed by atoms with Crippen LogP contribution >= 0.6 is 0 Å². The van der Waals surface area contributed by atoms with Crippen molar-refractivity contribution in [1.82, 2.24) is 0 Å². The molecule has 0 saturated heterocycles. The van der Waals surface area contributed by atoms with Crippen LogP contribution in [-0.2, 0) is 0 Å². The minimum atomic E-state index is -0.496. The Morgan fingerprint density at radius 1 is 1.29 bits per heavy atom. The zero-order valence-electron chi connectivity index (χ0n) is 10.3.